The van der Waals surface area contributed by atoms with Crippen molar-refractivity contribution in [2.24, 2.45) is 5.92 Å². The number of hydrogen-bond acceptors (Lipinski definition) is 3. The molecule has 2 aliphatic rings. The maximum Gasteiger partial charge on any atom is 0.419 e. The van der Waals surface area contributed by atoms with E-state index < -0.39 is 0 Å². The molecule has 4 nitrogen and oxygen atoms in total. The minimum atomic E-state index is -0.227. The molecule has 1 amide bonds. The number of nitrogens with one attached hydrogen (secondary N) is 1. The highest BCUT2D eigenvalue weighted by atomic mass is 127. The van der Waals surface area contributed by atoms with E-state index in [4.69, 9.17) is 3.07 Å². The summed E-state index contributed by atoms with van der Waals surface area (Å²) in [7, 11) is 0. The van der Waals surface area contributed by atoms with Crippen molar-refractivity contribution in [2.45, 2.75) is 12.5 Å². The molecule has 0 unspecified atom stereocenters. The van der Waals surface area contributed by atoms with Crippen molar-refractivity contribution in [3.05, 3.63) is 29.8 Å². The predicted molar refractivity (Wildman–Crippen MR) is 73.0 cm³/mol. The Morgan fingerprint density at radius 1 is 1.47 bits per heavy atom. The van der Waals surface area contributed by atoms with Crippen LogP contribution in [-0.4, -0.2) is 24.1 Å². The van der Waals surface area contributed by atoms with Gasteiger partial charge < -0.3 is 13.3 Å². The smallest absolute Gasteiger partial charge is 0.384 e. The molecule has 17 heavy (non-hydrogen) atoms. The van der Waals surface area contributed by atoms with Gasteiger partial charge in [0, 0.05) is 24.7 Å². The van der Waals surface area contributed by atoms with Crippen LogP contribution in [0.1, 0.15) is 18.0 Å². The highest BCUT2D eigenvalue weighted by Gasteiger charge is 2.41. The molecule has 5 heteroatoms. The lowest BCUT2D eigenvalue weighted by Gasteiger charge is -2.33. The Bertz CT molecular complexity index is 452. The lowest BCUT2D eigenvalue weighted by atomic mass is 9.89. The average Bonchev–Trinajstić information content (AvgIpc) is 2.82. The van der Waals surface area contributed by atoms with Gasteiger partial charge >= 0.3 is 6.09 Å². The van der Waals surface area contributed by atoms with Gasteiger partial charge in [0.15, 0.2) is 23.0 Å². The number of benzene rings is 1. The molecule has 1 fully saturated rings. The Balaban J connectivity index is 1.99. The average molecular weight is 344 g/mol. The Hall–Kier alpha value is -0.980. The molecule has 0 aromatic heterocycles. The summed E-state index contributed by atoms with van der Waals surface area (Å²) < 4.78 is 4.83. The first kappa shape index (κ1) is 11.1. The van der Waals surface area contributed by atoms with Gasteiger partial charge in [-0.25, -0.2) is 4.79 Å². The zero-order valence-corrected chi connectivity index (χ0v) is 11.4. The van der Waals surface area contributed by atoms with Crippen LogP contribution in [0.5, 0.6) is 0 Å². The lowest BCUT2D eigenvalue weighted by molar-refractivity contribution is 0.156. The highest BCUT2D eigenvalue weighted by molar-refractivity contribution is 14.1. The van der Waals surface area contributed by atoms with Gasteiger partial charge in [-0.3, -0.25) is 0 Å². The Kier molecular flexibility index (Phi) is 2.85. The second-order valence-corrected chi connectivity index (χ2v) is 4.94. The van der Waals surface area contributed by atoms with Gasteiger partial charge in [-0.2, -0.15) is 0 Å². The zero-order valence-electron chi connectivity index (χ0n) is 9.23. The van der Waals surface area contributed by atoms with E-state index in [9.17, 15) is 4.79 Å². The molecule has 0 radical (unpaired) electrons. The second kappa shape index (κ2) is 4.36. The number of fused-ring (bicyclic) bond motifs is 3. The Morgan fingerprint density at radius 3 is 3.12 bits per heavy atom. The van der Waals surface area contributed by atoms with E-state index in [2.05, 4.69) is 17.4 Å². The van der Waals surface area contributed by atoms with E-state index >= 15 is 0 Å². The molecule has 2 aliphatic heterocycles. The summed E-state index contributed by atoms with van der Waals surface area (Å²) in [5.41, 5.74) is 2.35. The normalized spacial score (nSPS) is 25.8. The minimum absolute atomic E-state index is 0.176. The lowest BCUT2D eigenvalue weighted by Crippen LogP contribution is -2.35. The molecule has 0 bridgehead atoms. The first-order valence-electron chi connectivity index (χ1n) is 5.73. The number of para-hydroxylation sites is 1. The van der Waals surface area contributed by atoms with Gasteiger partial charge in [0.2, 0.25) is 0 Å². The molecule has 2 heterocycles. The first-order valence-corrected chi connectivity index (χ1v) is 6.61. The molecule has 0 spiro atoms. The van der Waals surface area contributed by atoms with Crippen LogP contribution in [-0.2, 0) is 3.07 Å². The number of carbonyl (C=O) groups excluding carboxylic acids is 1. The van der Waals surface area contributed by atoms with Gasteiger partial charge in [-0.1, -0.05) is 18.2 Å². The summed E-state index contributed by atoms with van der Waals surface area (Å²) in [5.74, 6) is 0.500. The third-order valence-electron chi connectivity index (χ3n) is 3.66. The van der Waals surface area contributed by atoms with Crippen LogP contribution < -0.4 is 5.32 Å². The monoisotopic (exact) mass is 344 g/mol. The number of nitrogens with zero attached hydrogens (tertiary/aromatic N) is 1. The van der Waals surface area contributed by atoms with Gasteiger partial charge in [0.05, 0.1) is 6.04 Å². The van der Waals surface area contributed by atoms with Gasteiger partial charge in [0.25, 0.3) is 0 Å². The molecule has 90 valence electrons. The fraction of sp³-hybridized carbons (Fsp3) is 0.417. The minimum Gasteiger partial charge on any atom is -0.384 e. The maximum atomic E-state index is 11.8. The summed E-state index contributed by atoms with van der Waals surface area (Å²) in [6.45, 7) is 1.72. The number of anilines is 1. The summed E-state index contributed by atoms with van der Waals surface area (Å²) in [6, 6.07) is 8.38. The maximum absolute atomic E-state index is 11.8. The van der Waals surface area contributed by atoms with Crippen molar-refractivity contribution in [1.29, 1.82) is 0 Å². The number of rotatable bonds is 0. The molecule has 1 aromatic rings. The molecule has 1 aromatic carbocycles. The molecule has 0 aliphatic carbocycles. The van der Waals surface area contributed by atoms with Crippen LogP contribution in [0.4, 0.5) is 10.5 Å². The molecule has 2 atom stereocenters. The number of halogens is 1. The van der Waals surface area contributed by atoms with Crippen molar-refractivity contribution in [1.82, 2.24) is 4.90 Å². The standard InChI is InChI=1S/C12H13IN2O2/c13-17-12(16)15-6-5-8-7-14-10-4-2-1-3-9(10)11(8)15/h1-4,8,11,14H,5-7H2/t8-,11-/m1/s1. The SMILES string of the molecule is O=C(OI)N1CC[C@@H]2CNc3ccccc3[C@@H]21. The van der Waals surface area contributed by atoms with E-state index in [0.29, 0.717) is 5.92 Å². The highest BCUT2D eigenvalue weighted by Crippen LogP contribution is 2.43. The third-order valence-corrected chi connectivity index (χ3v) is 4.03. The van der Waals surface area contributed by atoms with Crippen molar-refractivity contribution in [3.63, 3.8) is 0 Å². The van der Waals surface area contributed by atoms with Crippen LogP contribution >= 0.6 is 23.0 Å². The quantitative estimate of drug-likeness (QED) is 0.736. The molecule has 1 N–H and O–H groups in total. The molecule has 0 saturated carbocycles. The summed E-state index contributed by atoms with van der Waals surface area (Å²) in [5, 5.41) is 3.43. The van der Waals surface area contributed by atoms with Crippen LogP contribution in [0.3, 0.4) is 0 Å². The fourth-order valence-corrected chi connectivity index (χ4v) is 3.15. The van der Waals surface area contributed by atoms with Crippen molar-refractivity contribution < 1.29 is 7.86 Å². The van der Waals surface area contributed by atoms with E-state index in [1.54, 1.807) is 23.0 Å². The van der Waals surface area contributed by atoms with Crippen LogP contribution in [0.15, 0.2) is 24.3 Å². The second-order valence-electron chi connectivity index (χ2n) is 4.50. The summed E-state index contributed by atoms with van der Waals surface area (Å²) in [4.78, 5) is 13.6. The number of likely N-dealkylation sites (tertiary alicyclic amines) is 1. The topological polar surface area (TPSA) is 41.6 Å². The Labute approximate surface area is 114 Å². The molecule has 1 saturated heterocycles. The predicted octanol–water partition coefficient (Wildman–Crippen LogP) is 2.96. The van der Waals surface area contributed by atoms with Crippen molar-refractivity contribution in [3.8, 4) is 0 Å². The van der Waals surface area contributed by atoms with Crippen LogP contribution in [0, 0.1) is 5.92 Å². The molecular formula is C12H13IN2O2. The zero-order chi connectivity index (χ0) is 11.8. The molecular weight excluding hydrogens is 331 g/mol. The number of carbonyl (C=O) groups is 1. The largest absolute Gasteiger partial charge is 0.419 e. The Morgan fingerprint density at radius 2 is 2.29 bits per heavy atom. The van der Waals surface area contributed by atoms with Gasteiger partial charge in [-0.15, -0.1) is 0 Å². The third kappa shape index (κ3) is 1.76. The van der Waals surface area contributed by atoms with E-state index in [-0.39, 0.29) is 12.1 Å². The van der Waals surface area contributed by atoms with Gasteiger partial charge in [-0.05, 0) is 18.1 Å². The van der Waals surface area contributed by atoms with Gasteiger partial charge in [0.1, 0.15) is 0 Å². The number of amides is 1. The summed E-state index contributed by atoms with van der Waals surface area (Å²) in [6.07, 6.45) is 0.812. The van der Waals surface area contributed by atoms with Crippen LogP contribution in [0.25, 0.3) is 0 Å². The molecule has 3 rings (SSSR count). The number of hydrogen-bond donors (Lipinski definition) is 1. The van der Waals surface area contributed by atoms with Crippen LogP contribution in [0.2, 0.25) is 0 Å². The van der Waals surface area contributed by atoms with Crippen molar-refractivity contribution >= 4 is 34.8 Å². The van der Waals surface area contributed by atoms with Crippen molar-refractivity contribution in [2.75, 3.05) is 18.4 Å². The first-order chi connectivity index (χ1) is 8.31. The fourth-order valence-electron chi connectivity index (χ4n) is 2.90. The van der Waals surface area contributed by atoms with E-state index in [0.717, 1.165) is 25.2 Å². The van der Waals surface area contributed by atoms with E-state index in [1.807, 2.05) is 17.0 Å². The van der Waals surface area contributed by atoms with E-state index in [1.165, 1.54) is 5.56 Å². The summed E-state index contributed by atoms with van der Waals surface area (Å²) >= 11 is 1.66.